The second-order valence-corrected chi connectivity index (χ2v) is 5.35. The summed E-state index contributed by atoms with van der Waals surface area (Å²) in [5.74, 6) is 0.911. The Kier molecular flexibility index (Phi) is 6.39. The maximum atomic E-state index is 5.67. The lowest BCUT2D eigenvalue weighted by Gasteiger charge is -2.22. The van der Waals surface area contributed by atoms with E-state index in [4.69, 9.17) is 4.74 Å². The number of hydrogen-bond donors (Lipinski definition) is 0. The Morgan fingerprint density at radius 1 is 1.44 bits per heavy atom. The van der Waals surface area contributed by atoms with Gasteiger partial charge in [0.05, 0.1) is 0 Å². The van der Waals surface area contributed by atoms with Crippen LogP contribution in [0.4, 0.5) is 0 Å². The first-order chi connectivity index (χ1) is 7.63. The van der Waals surface area contributed by atoms with Gasteiger partial charge in [-0.05, 0) is 32.2 Å². The molecule has 0 spiro atoms. The quantitative estimate of drug-likeness (QED) is 0.727. The molecule has 0 aliphatic rings. The minimum atomic E-state index is 0.533. The summed E-state index contributed by atoms with van der Waals surface area (Å²) in [6, 6.07) is 8.45. The Balaban J connectivity index is 2.30. The van der Waals surface area contributed by atoms with E-state index < -0.39 is 0 Å². The largest absolute Gasteiger partial charge is 0.492 e. The van der Waals surface area contributed by atoms with Crippen molar-refractivity contribution in [3.8, 4) is 5.75 Å². The van der Waals surface area contributed by atoms with Crippen LogP contribution in [0, 0.1) is 0 Å². The predicted molar refractivity (Wildman–Crippen MR) is 75.5 cm³/mol. The number of alkyl halides is 1. The van der Waals surface area contributed by atoms with Gasteiger partial charge in [-0.15, -0.1) is 0 Å². The zero-order valence-corrected chi connectivity index (χ0v) is 12.8. The number of benzene rings is 1. The molecule has 0 bridgehead atoms. The fourth-order valence-corrected chi connectivity index (χ4v) is 2.08. The highest BCUT2D eigenvalue weighted by Gasteiger charge is 2.06. The normalized spacial score (nSPS) is 12.8. The molecule has 1 unspecified atom stereocenters. The standard InChI is InChI=1S/C12H17Br2NO/c1-10(9-13)15(2)6-7-16-12-5-3-4-11(14)8-12/h3-5,8,10H,6-7,9H2,1-2H3. The molecule has 4 heteroatoms. The first kappa shape index (κ1) is 14.0. The molecule has 0 aliphatic heterocycles. The van der Waals surface area contributed by atoms with Crippen LogP contribution >= 0.6 is 31.9 Å². The molecule has 0 amide bonds. The molecule has 1 aromatic rings. The SMILES string of the molecule is CC(CBr)N(C)CCOc1cccc(Br)c1. The smallest absolute Gasteiger partial charge is 0.120 e. The minimum Gasteiger partial charge on any atom is -0.492 e. The van der Waals surface area contributed by atoms with E-state index in [0.29, 0.717) is 12.6 Å². The molecular formula is C12H17Br2NO. The van der Waals surface area contributed by atoms with Crippen LogP contribution in [-0.2, 0) is 0 Å². The van der Waals surface area contributed by atoms with Crippen LogP contribution < -0.4 is 4.74 Å². The summed E-state index contributed by atoms with van der Waals surface area (Å²) in [7, 11) is 2.11. The maximum absolute atomic E-state index is 5.67. The summed E-state index contributed by atoms with van der Waals surface area (Å²) >= 11 is 6.89. The van der Waals surface area contributed by atoms with Gasteiger partial charge in [-0.25, -0.2) is 0 Å². The fraction of sp³-hybridized carbons (Fsp3) is 0.500. The van der Waals surface area contributed by atoms with Crippen molar-refractivity contribution in [2.75, 3.05) is 25.5 Å². The highest BCUT2D eigenvalue weighted by atomic mass is 79.9. The Labute approximate surface area is 114 Å². The van der Waals surface area contributed by atoms with Crippen LogP contribution in [0.15, 0.2) is 28.7 Å². The van der Waals surface area contributed by atoms with Gasteiger partial charge < -0.3 is 4.74 Å². The second kappa shape index (κ2) is 7.30. The number of ether oxygens (including phenoxy) is 1. The van der Waals surface area contributed by atoms with Crippen LogP contribution in [0.25, 0.3) is 0 Å². The molecule has 0 saturated heterocycles. The van der Waals surface area contributed by atoms with Crippen molar-refractivity contribution in [2.24, 2.45) is 0 Å². The van der Waals surface area contributed by atoms with Gasteiger partial charge >= 0.3 is 0 Å². The first-order valence-electron chi connectivity index (χ1n) is 5.28. The topological polar surface area (TPSA) is 12.5 Å². The maximum Gasteiger partial charge on any atom is 0.120 e. The molecule has 1 rings (SSSR count). The van der Waals surface area contributed by atoms with Crippen molar-refractivity contribution in [3.05, 3.63) is 28.7 Å². The van der Waals surface area contributed by atoms with Crippen LogP contribution in [0.5, 0.6) is 5.75 Å². The average molecular weight is 351 g/mol. The van der Waals surface area contributed by atoms with Crippen molar-refractivity contribution in [1.82, 2.24) is 4.90 Å². The molecule has 0 radical (unpaired) electrons. The highest BCUT2D eigenvalue weighted by molar-refractivity contribution is 9.10. The van der Waals surface area contributed by atoms with Gasteiger partial charge in [0, 0.05) is 22.4 Å². The van der Waals surface area contributed by atoms with Crippen molar-refractivity contribution >= 4 is 31.9 Å². The molecule has 0 fully saturated rings. The van der Waals surface area contributed by atoms with Crippen molar-refractivity contribution in [2.45, 2.75) is 13.0 Å². The lowest BCUT2D eigenvalue weighted by atomic mass is 10.3. The van der Waals surface area contributed by atoms with Crippen LogP contribution in [0.1, 0.15) is 6.92 Å². The Bertz CT molecular complexity index is 320. The molecule has 0 aromatic heterocycles. The average Bonchev–Trinajstić information content (AvgIpc) is 2.28. The lowest BCUT2D eigenvalue weighted by molar-refractivity contribution is 0.211. The van der Waals surface area contributed by atoms with Crippen LogP contribution in [0.3, 0.4) is 0 Å². The van der Waals surface area contributed by atoms with Gasteiger partial charge in [-0.3, -0.25) is 4.90 Å². The van der Waals surface area contributed by atoms with E-state index in [0.717, 1.165) is 22.1 Å². The fourth-order valence-electron chi connectivity index (χ4n) is 1.20. The molecule has 1 aromatic carbocycles. The molecule has 0 N–H and O–H groups in total. The van der Waals surface area contributed by atoms with E-state index in [2.05, 4.69) is 50.7 Å². The number of likely N-dealkylation sites (N-methyl/N-ethyl adjacent to an activating group) is 1. The molecule has 0 saturated carbocycles. The van der Waals surface area contributed by atoms with E-state index >= 15 is 0 Å². The summed E-state index contributed by atoms with van der Waals surface area (Å²) < 4.78 is 6.71. The molecule has 90 valence electrons. The Morgan fingerprint density at radius 3 is 2.81 bits per heavy atom. The van der Waals surface area contributed by atoms with Crippen molar-refractivity contribution in [3.63, 3.8) is 0 Å². The summed E-state index contributed by atoms with van der Waals surface area (Å²) in [5.41, 5.74) is 0. The summed E-state index contributed by atoms with van der Waals surface area (Å²) in [5, 5.41) is 0.986. The van der Waals surface area contributed by atoms with E-state index in [1.54, 1.807) is 0 Å². The molecule has 0 heterocycles. The van der Waals surface area contributed by atoms with Crippen LogP contribution in [-0.4, -0.2) is 36.5 Å². The molecule has 0 aliphatic carbocycles. The van der Waals surface area contributed by atoms with Gasteiger partial charge in [0.15, 0.2) is 0 Å². The molecule has 2 nitrogen and oxygen atoms in total. The number of rotatable bonds is 6. The van der Waals surface area contributed by atoms with Gasteiger partial charge in [-0.2, -0.15) is 0 Å². The third-order valence-electron chi connectivity index (χ3n) is 2.48. The predicted octanol–water partition coefficient (Wildman–Crippen LogP) is 3.54. The number of hydrogen-bond acceptors (Lipinski definition) is 2. The molecule has 16 heavy (non-hydrogen) atoms. The van der Waals surface area contributed by atoms with Crippen LogP contribution in [0.2, 0.25) is 0 Å². The third-order valence-corrected chi connectivity index (χ3v) is 3.91. The monoisotopic (exact) mass is 349 g/mol. The zero-order valence-electron chi connectivity index (χ0n) is 9.62. The number of nitrogens with zero attached hydrogens (tertiary/aromatic N) is 1. The van der Waals surface area contributed by atoms with E-state index in [9.17, 15) is 0 Å². The lowest BCUT2D eigenvalue weighted by Crippen LogP contribution is -2.33. The zero-order chi connectivity index (χ0) is 12.0. The van der Waals surface area contributed by atoms with Crippen molar-refractivity contribution < 1.29 is 4.74 Å². The minimum absolute atomic E-state index is 0.533. The third kappa shape index (κ3) is 4.85. The molecule has 1 atom stereocenters. The van der Waals surface area contributed by atoms with Gasteiger partial charge in [0.2, 0.25) is 0 Å². The first-order valence-corrected chi connectivity index (χ1v) is 7.19. The Morgan fingerprint density at radius 2 is 2.19 bits per heavy atom. The Hall–Kier alpha value is -0.0600. The summed E-state index contributed by atoms with van der Waals surface area (Å²) in [6.07, 6.45) is 0. The van der Waals surface area contributed by atoms with Gasteiger partial charge in [0.25, 0.3) is 0 Å². The highest BCUT2D eigenvalue weighted by Crippen LogP contribution is 2.17. The van der Waals surface area contributed by atoms with Crippen molar-refractivity contribution in [1.29, 1.82) is 0 Å². The van der Waals surface area contributed by atoms with Gasteiger partial charge in [0.1, 0.15) is 12.4 Å². The van der Waals surface area contributed by atoms with E-state index in [1.165, 1.54) is 0 Å². The van der Waals surface area contributed by atoms with Gasteiger partial charge in [-0.1, -0.05) is 37.9 Å². The number of halogens is 2. The van der Waals surface area contributed by atoms with E-state index in [-0.39, 0.29) is 0 Å². The molecular weight excluding hydrogens is 334 g/mol. The summed E-state index contributed by atoms with van der Waals surface area (Å²) in [4.78, 5) is 2.27. The second-order valence-electron chi connectivity index (χ2n) is 3.79. The summed E-state index contributed by atoms with van der Waals surface area (Å²) in [6.45, 7) is 3.83. The van der Waals surface area contributed by atoms with E-state index in [1.807, 2.05) is 24.3 Å².